The first-order valence-electron chi connectivity index (χ1n) is 5.55. The summed E-state index contributed by atoms with van der Waals surface area (Å²) in [6.45, 7) is 0. The first-order chi connectivity index (χ1) is 10.2. The highest BCUT2D eigenvalue weighted by Crippen LogP contribution is 2.42. The van der Waals surface area contributed by atoms with Crippen LogP contribution in [0, 0.1) is 0 Å². The largest absolute Gasteiger partial charge is 0.422 e. The molecule has 0 aliphatic heterocycles. The summed E-state index contributed by atoms with van der Waals surface area (Å²) in [6.07, 6.45) is 1.74. The highest BCUT2D eigenvalue weighted by atomic mass is 79.9. The molecular weight excluding hydrogens is 439 g/mol. The molecule has 1 unspecified atom stereocenters. The fourth-order valence-electron chi connectivity index (χ4n) is 1.32. The van der Waals surface area contributed by atoms with E-state index >= 15 is 0 Å². The number of rotatable bonds is 6. The highest BCUT2D eigenvalue weighted by molar-refractivity contribution is 9.11. The normalized spacial score (nSPS) is 14.5. The number of nitrogens with one attached hydrogen (secondary N) is 1. The molecule has 22 heavy (non-hydrogen) atoms. The molecule has 2 rings (SSSR count). The Bertz CT molecular complexity index is 828. The molecule has 0 saturated carbocycles. The van der Waals surface area contributed by atoms with Crippen molar-refractivity contribution in [3.05, 3.63) is 39.4 Å². The van der Waals surface area contributed by atoms with Crippen molar-refractivity contribution in [3.63, 3.8) is 0 Å². The Balaban J connectivity index is 2.05. The van der Waals surface area contributed by atoms with Crippen molar-refractivity contribution in [2.24, 2.45) is 0 Å². The van der Waals surface area contributed by atoms with E-state index in [2.05, 4.69) is 20.9 Å². The second kappa shape index (κ2) is 6.96. The number of pyridine rings is 1. The first kappa shape index (κ1) is 17.9. The Hall–Kier alpha value is -0.480. The van der Waals surface area contributed by atoms with Gasteiger partial charge in [0.2, 0.25) is 0 Å². The van der Waals surface area contributed by atoms with E-state index in [0.717, 1.165) is 11.3 Å². The minimum absolute atomic E-state index is 0.0174. The van der Waals surface area contributed by atoms with Crippen LogP contribution in [0.5, 0.6) is 5.75 Å². The van der Waals surface area contributed by atoms with Gasteiger partial charge in [-0.05, 0) is 28.1 Å². The number of sulfonamides is 1. The third kappa shape index (κ3) is 5.02. The van der Waals surface area contributed by atoms with Crippen LogP contribution in [0.2, 0.25) is 5.02 Å². The van der Waals surface area contributed by atoms with Gasteiger partial charge in [0.15, 0.2) is 0 Å². The smallest absolute Gasteiger partial charge is 0.391 e. The molecule has 0 spiro atoms. The number of thiophene rings is 1. The molecule has 2 aromatic rings. The van der Waals surface area contributed by atoms with Gasteiger partial charge in [0.25, 0.3) is 10.0 Å². The molecular formula is C10H9BrClN2O5PS2. The SMILES string of the molecule is O=P(O)(CNS(=O)(=O)c1ccc(Br)s1)Oc1cncc(Cl)c1. The Morgan fingerprint density at radius 3 is 2.77 bits per heavy atom. The molecule has 0 aromatic carbocycles. The van der Waals surface area contributed by atoms with Crippen molar-refractivity contribution in [3.8, 4) is 5.75 Å². The number of hydrogen-bond acceptors (Lipinski definition) is 6. The topological polar surface area (TPSA) is 106 Å². The maximum Gasteiger partial charge on any atom is 0.391 e. The lowest BCUT2D eigenvalue weighted by molar-refractivity contribution is 0.377. The second-order valence-electron chi connectivity index (χ2n) is 3.93. The summed E-state index contributed by atoms with van der Waals surface area (Å²) >= 11 is 9.80. The zero-order valence-electron chi connectivity index (χ0n) is 10.6. The van der Waals surface area contributed by atoms with Gasteiger partial charge in [-0.2, -0.15) is 4.72 Å². The van der Waals surface area contributed by atoms with Crippen molar-refractivity contribution in [1.29, 1.82) is 0 Å². The van der Waals surface area contributed by atoms with Crippen LogP contribution in [0.4, 0.5) is 0 Å². The summed E-state index contributed by atoms with van der Waals surface area (Å²) in [5.74, 6) is -0.0311. The van der Waals surface area contributed by atoms with Gasteiger partial charge < -0.3 is 9.42 Å². The van der Waals surface area contributed by atoms with Gasteiger partial charge in [0.05, 0.1) is 15.0 Å². The number of hydrogen-bond donors (Lipinski definition) is 2. The second-order valence-corrected chi connectivity index (χ2v) is 10.6. The molecule has 0 radical (unpaired) electrons. The minimum atomic E-state index is -4.24. The average molecular weight is 448 g/mol. The Kier molecular flexibility index (Phi) is 5.65. The van der Waals surface area contributed by atoms with Gasteiger partial charge in [0.1, 0.15) is 16.2 Å². The molecule has 1 atom stereocenters. The van der Waals surface area contributed by atoms with Crippen molar-refractivity contribution in [2.75, 3.05) is 6.29 Å². The van der Waals surface area contributed by atoms with Gasteiger partial charge >= 0.3 is 7.60 Å². The molecule has 2 N–H and O–H groups in total. The average Bonchev–Trinajstić information content (AvgIpc) is 2.84. The molecule has 0 aliphatic carbocycles. The molecule has 0 bridgehead atoms. The maximum absolute atomic E-state index is 12.0. The van der Waals surface area contributed by atoms with Crippen LogP contribution in [-0.4, -0.2) is 24.6 Å². The van der Waals surface area contributed by atoms with E-state index in [1.54, 1.807) is 6.07 Å². The molecule has 12 heteroatoms. The molecule has 2 heterocycles. The Labute approximate surface area is 144 Å². The summed E-state index contributed by atoms with van der Waals surface area (Å²) in [6, 6.07) is 4.23. The lowest BCUT2D eigenvalue weighted by Gasteiger charge is -2.13. The predicted octanol–water partition coefficient (Wildman–Crippen LogP) is 3.06. The van der Waals surface area contributed by atoms with Crippen LogP contribution >= 0.6 is 46.5 Å². The molecule has 0 aliphatic rings. The number of halogens is 2. The van der Waals surface area contributed by atoms with Gasteiger partial charge in [-0.1, -0.05) is 11.6 Å². The van der Waals surface area contributed by atoms with Crippen LogP contribution in [0.3, 0.4) is 0 Å². The Morgan fingerprint density at radius 1 is 1.45 bits per heavy atom. The van der Waals surface area contributed by atoms with Gasteiger partial charge in [0, 0.05) is 12.3 Å². The predicted molar refractivity (Wildman–Crippen MR) is 86.9 cm³/mol. The van der Waals surface area contributed by atoms with E-state index in [9.17, 15) is 17.9 Å². The summed E-state index contributed by atoms with van der Waals surface area (Å²) in [7, 11) is -8.13. The molecule has 2 aromatic heterocycles. The molecule has 120 valence electrons. The third-order valence-corrected chi connectivity index (χ3v) is 7.19. The van der Waals surface area contributed by atoms with Crippen LogP contribution in [0.25, 0.3) is 0 Å². The first-order valence-corrected chi connectivity index (χ1v) is 10.8. The van der Waals surface area contributed by atoms with E-state index in [-0.39, 0.29) is 15.0 Å². The van der Waals surface area contributed by atoms with Crippen molar-refractivity contribution in [1.82, 2.24) is 9.71 Å². The van der Waals surface area contributed by atoms with Crippen molar-refractivity contribution >= 4 is 56.5 Å². The number of nitrogens with zero attached hydrogens (tertiary/aromatic N) is 1. The summed E-state index contributed by atoms with van der Waals surface area (Å²) in [4.78, 5) is 13.4. The lowest BCUT2D eigenvalue weighted by Crippen LogP contribution is -2.25. The third-order valence-electron chi connectivity index (χ3n) is 2.20. The Morgan fingerprint density at radius 2 is 2.18 bits per heavy atom. The summed E-state index contributed by atoms with van der Waals surface area (Å²) in [5.41, 5.74) is 0. The fourth-order valence-corrected chi connectivity index (χ4v) is 6.02. The van der Waals surface area contributed by atoms with Crippen molar-refractivity contribution in [2.45, 2.75) is 4.21 Å². The van der Waals surface area contributed by atoms with E-state index in [1.807, 2.05) is 4.72 Å². The fraction of sp³-hybridized carbons (Fsp3) is 0.100. The molecule has 0 saturated heterocycles. The van der Waals surface area contributed by atoms with Crippen LogP contribution in [0.1, 0.15) is 0 Å². The van der Waals surface area contributed by atoms with Gasteiger partial charge in [-0.25, -0.2) is 13.0 Å². The van der Waals surface area contributed by atoms with Gasteiger partial charge in [-0.15, -0.1) is 11.3 Å². The zero-order chi connectivity index (χ0) is 16.4. The highest BCUT2D eigenvalue weighted by Gasteiger charge is 2.26. The number of aromatic nitrogens is 1. The monoisotopic (exact) mass is 446 g/mol. The van der Waals surface area contributed by atoms with Crippen molar-refractivity contribution < 1.29 is 22.4 Å². The van der Waals surface area contributed by atoms with Gasteiger partial charge in [-0.3, -0.25) is 4.98 Å². The van der Waals surface area contributed by atoms with Crippen LogP contribution < -0.4 is 9.25 Å². The zero-order valence-corrected chi connectivity index (χ0v) is 15.5. The molecule has 0 amide bonds. The molecule has 7 nitrogen and oxygen atoms in total. The minimum Gasteiger partial charge on any atom is -0.422 e. The lowest BCUT2D eigenvalue weighted by atomic mass is 10.5. The van der Waals surface area contributed by atoms with Crippen LogP contribution in [0.15, 0.2) is 38.6 Å². The summed E-state index contributed by atoms with van der Waals surface area (Å²) in [5, 5.41) is 0.224. The van der Waals surface area contributed by atoms with Crippen LogP contribution in [-0.2, 0) is 14.6 Å². The van der Waals surface area contributed by atoms with E-state index in [1.165, 1.54) is 24.5 Å². The van der Waals surface area contributed by atoms with E-state index < -0.39 is 23.9 Å². The quantitative estimate of drug-likeness (QED) is 0.659. The maximum atomic E-state index is 12.0. The van der Waals surface area contributed by atoms with E-state index in [4.69, 9.17) is 16.1 Å². The standard InChI is InChI=1S/C10H9BrClN2O5PS2/c11-9-1-2-10(21-9)22(17,18)14-6-20(15,16)19-8-3-7(12)4-13-5-8/h1-5,14H,6H2,(H,15,16). The van der Waals surface area contributed by atoms with E-state index in [0.29, 0.717) is 3.79 Å². The summed E-state index contributed by atoms with van der Waals surface area (Å²) < 4.78 is 43.3. The molecule has 0 fully saturated rings.